The lowest BCUT2D eigenvalue weighted by molar-refractivity contribution is -0.107. The zero-order chi connectivity index (χ0) is 11.0. The Morgan fingerprint density at radius 1 is 1.44 bits per heavy atom. The second kappa shape index (κ2) is 3.98. The second-order valence-electron chi connectivity index (χ2n) is 4.33. The van der Waals surface area contributed by atoms with Gasteiger partial charge in [0.2, 0.25) is 0 Å². The molecule has 2 aromatic rings. The molecule has 16 heavy (non-hydrogen) atoms. The van der Waals surface area contributed by atoms with Crippen LogP contribution in [0.1, 0.15) is 35.8 Å². The predicted octanol–water partition coefficient (Wildman–Crippen LogP) is 3.31. The van der Waals surface area contributed by atoms with Crippen molar-refractivity contribution in [2.24, 2.45) is 0 Å². The van der Waals surface area contributed by atoms with Gasteiger partial charge in [-0.15, -0.1) is 11.3 Å². The van der Waals surface area contributed by atoms with Crippen LogP contribution in [-0.2, 0) is 11.2 Å². The molecule has 82 valence electrons. The highest BCUT2D eigenvalue weighted by Crippen LogP contribution is 2.43. The molecule has 1 aromatic carbocycles. The number of aryl methyl sites for hydroxylation is 1. The van der Waals surface area contributed by atoms with E-state index < -0.39 is 0 Å². The molecule has 0 bridgehead atoms. The van der Waals surface area contributed by atoms with Crippen molar-refractivity contribution in [1.29, 1.82) is 0 Å². The van der Waals surface area contributed by atoms with E-state index in [0.717, 1.165) is 24.1 Å². The lowest BCUT2D eigenvalue weighted by Crippen LogP contribution is -1.84. The Kier molecular flexibility index (Phi) is 2.48. The average Bonchev–Trinajstić information content (AvgIpc) is 3.06. The number of fused-ring (bicyclic) bond motifs is 1. The van der Waals surface area contributed by atoms with E-state index in [9.17, 15) is 4.79 Å². The first-order valence-corrected chi connectivity index (χ1v) is 6.51. The summed E-state index contributed by atoms with van der Waals surface area (Å²) in [6.07, 6.45) is 5.04. The van der Waals surface area contributed by atoms with Crippen LogP contribution in [0.5, 0.6) is 0 Å². The zero-order valence-electron chi connectivity index (χ0n) is 8.98. The summed E-state index contributed by atoms with van der Waals surface area (Å²) in [5, 5.41) is 1.29. The summed E-state index contributed by atoms with van der Waals surface area (Å²) < 4.78 is 1.27. The molecule has 1 saturated carbocycles. The number of aromatic nitrogens is 1. The number of rotatable bonds is 4. The van der Waals surface area contributed by atoms with Crippen molar-refractivity contribution >= 4 is 27.8 Å². The van der Waals surface area contributed by atoms with E-state index >= 15 is 0 Å². The van der Waals surface area contributed by atoms with Crippen LogP contribution in [0.15, 0.2) is 18.2 Å². The Morgan fingerprint density at radius 3 is 3.06 bits per heavy atom. The number of benzene rings is 1. The van der Waals surface area contributed by atoms with Crippen molar-refractivity contribution in [2.75, 3.05) is 0 Å². The molecule has 3 rings (SSSR count). The number of thiazole rings is 1. The summed E-state index contributed by atoms with van der Waals surface area (Å²) in [7, 11) is 0. The third kappa shape index (κ3) is 1.87. The SMILES string of the molecule is O=CCCc1ccc2nc(C3CC3)sc2c1. The van der Waals surface area contributed by atoms with Gasteiger partial charge in [-0.3, -0.25) is 0 Å². The van der Waals surface area contributed by atoms with E-state index in [2.05, 4.69) is 23.2 Å². The highest BCUT2D eigenvalue weighted by molar-refractivity contribution is 7.18. The van der Waals surface area contributed by atoms with Gasteiger partial charge >= 0.3 is 0 Å². The minimum atomic E-state index is 0.611. The molecule has 0 saturated heterocycles. The molecular formula is C13H13NOS. The third-order valence-electron chi connectivity index (χ3n) is 2.95. The second-order valence-corrected chi connectivity index (χ2v) is 5.40. The van der Waals surface area contributed by atoms with Crippen molar-refractivity contribution in [3.8, 4) is 0 Å². The quantitative estimate of drug-likeness (QED) is 0.756. The van der Waals surface area contributed by atoms with Gasteiger partial charge in [-0.1, -0.05) is 6.07 Å². The van der Waals surface area contributed by atoms with Crippen LogP contribution in [0.2, 0.25) is 0 Å². The highest BCUT2D eigenvalue weighted by atomic mass is 32.1. The molecule has 0 amide bonds. The molecule has 0 radical (unpaired) electrons. The first kappa shape index (κ1) is 9.97. The number of carbonyl (C=O) groups is 1. The summed E-state index contributed by atoms with van der Waals surface area (Å²) in [4.78, 5) is 15.0. The molecule has 1 heterocycles. The topological polar surface area (TPSA) is 30.0 Å². The molecule has 1 fully saturated rings. The van der Waals surface area contributed by atoms with E-state index in [4.69, 9.17) is 0 Å². The molecule has 0 atom stereocenters. The minimum Gasteiger partial charge on any atom is -0.303 e. The Balaban J connectivity index is 1.93. The number of hydrogen-bond acceptors (Lipinski definition) is 3. The minimum absolute atomic E-state index is 0.611. The largest absolute Gasteiger partial charge is 0.303 e. The third-order valence-corrected chi connectivity index (χ3v) is 4.13. The van der Waals surface area contributed by atoms with Crippen LogP contribution in [0, 0.1) is 0 Å². The molecule has 0 aliphatic heterocycles. The molecular weight excluding hydrogens is 218 g/mol. The maximum Gasteiger partial charge on any atom is 0.120 e. The van der Waals surface area contributed by atoms with Crippen LogP contribution < -0.4 is 0 Å². The van der Waals surface area contributed by atoms with Crippen molar-refractivity contribution < 1.29 is 4.79 Å². The molecule has 0 unspecified atom stereocenters. The average molecular weight is 231 g/mol. The van der Waals surface area contributed by atoms with Gasteiger partial charge < -0.3 is 4.79 Å². The van der Waals surface area contributed by atoms with Crippen LogP contribution in [-0.4, -0.2) is 11.3 Å². The Bertz CT molecular complexity index is 528. The standard InChI is InChI=1S/C13H13NOS/c15-7-1-2-9-3-6-11-12(8-9)16-13(14-11)10-4-5-10/h3,6-8,10H,1-2,4-5H2. The van der Waals surface area contributed by atoms with Gasteiger partial charge in [-0.2, -0.15) is 0 Å². The van der Waals surface area contributed by atoms with Gasteiger partial charge in [0.1, 0.15) is 6.29 Å². The number of aldehydes is 1. The number of carbonyl (C=O) groups excluding carboxylic acids is 1. The van der Waals surface area contributed by atoms with Crippen LogP contribution in [0.25, 0.3) is 10.2 Å². The van der Waals surface area contributed by atoms with Crippen molar-refractivity contribution in [2.45, 2.75) is 31.6 Å². The lowest BCUT2D eigenvalue weighted by atomic mass is 10.1. The van der Waals surface area contributed by atoms with E-state index in [1.807, 2.05) is 11.3 Å². The molecule has 1 aliphatic carbocycles. The fourth-order valence-corrected chi connectivity index (χ4v) is 3.07. The van der Waals surface area contributed by atoms with E-state index in [0.29, 0.717) is 6.42 Å². The van der Waals surface area contributed by atoms with Crippen molar-refractivity contribution in [3.63, 3.8) is 0 Å². The predicted molar refractivity (Wildman–Crippen MR) is 66.0 cm³/mol. The van der Waals surface area contributed by atoms with Crippen molar-refractivity contribution in [1.82, 2.24) is 4.98 Å². The van der Waals surface area contributed by atoms with E-state index in [1.165, 1.54) is 28.1 Å². The zero-order valence-corrected chi connectivity index (χ0v) is 9.80. The van der Waals surface area contributed by atoms with Crippen LogP contribution in [0.4, 0.5) is 0 Å². The van der Waals surface area contributed by atoms with E-state index in [1.54, 1.807) is 0 Å². The molecule has 0 N–H and O–H groups in total. The Morgan fingerprint density at radius 2 is 2.31 bits per heavy atom. The summed E-state index contributed by atoms with van der Waals surface area (Å²) in [5.41, 5.74) is 2.35. The lowest BCUT2D eigenvalue weighted by Gasteiger charge is -1.96. The summed E-state index contributed by atoms with van der Waals surface area (Å²) in [5.74, 6) is 0.732. The van der Waals surface area contributed by atoms with Gasteiger partial charge in [-0.25, -0.2) is 4.98 Å². The maximum absolute atomic E-state index is 10.3. The van der Waals surface area contributed by atoms with Gasteiger partial charge in [-0.05, 0) is 37.0 Å². The molecule has 3 heteroatoms. The van der Waals surface area contributed by atoms with Gasteiger partial charge in [0.25, 0.3) is 0 Å². The molecule has 2 nitrogen and oxygen atoms in total. The van der Waals surface area contributed by atoms with Gasteiger partial charge in [0.05, 0.1) is 15.2 Å². The Hall–Kier alpha value is -1.22. The summed E-state index contributed by atoms with van der Waals surface area (Å²) >= 11 is 1.82. The maximum atomic E-state index is 10.3. The smallest absolute Gasteiger partial charge is 0.120 e. The monoisotopic (exact) mass is 231 g/mol. The van der Waals surface area contributed by atoms with Gasteiger partial charge in [0, 0.05) is 12.3 Å². The molecule has 1 aromatic heterocycles. The number of nitrogens with zero attached hydrogens (tertiary/aromatic N) is 1. The fraction of sp³-hybridized carbons (Fsp3) is 0.385. The normalized spacial score (nSPS) is 15.5. The fourth-order valence-electron chi connectivity index (χ4n) is 1.87. The first-order chi connectivity index (χ1) is 7.86. The summed E-state index contributed by atoms with van der Waals surface area (Å²) in [6.45, 7) is 0. The number of hydrogen-bond donors (Lipinski definition) is 0. The molecule has 0 spiro atoms. The van der Waals surface area contributed by atoms with E-state index in [-0.39, 0.29) is 0 Å². The van der Waals surface area contributed by atoms with Gasteiger partial charge in [0.15, 0.2) is 0 Å². The highest BCUT2D eigenvalue weighted by Gasteiger charge is 2.26. The molecule has 1 aliphatic rings. The van der Waals surface area contributed by atoms with Crippen molar-refractivity contribution in [3.05, 3.63) is 28.8 Å². The summed E-state index contributed by atoms with van der Waals surface area (Å²) in [6, 6.07) is 6.35. The Labute approximate surface area is 98.3 Å². The first-order valence-electron chi connectivity index (χ1n) is 5.70. The van der Waals surface area contributed by atoms with Crippen LogP contribution >= 0.6 is 11.3 Å². The van der Waals surface area contributed by atoms with Crippen LogP contribution in [0.3, 0.4) is 0 Å².